The number of hydrogen-bond acceptors (Lipinski definition) is 2. The van der Waals surface area contributed by atoms with Crippen molar-refractivity contribution in [2.75, 3.05) is 13.1 Å². The van der Waals surface area contributed by atoms with Gasteiger partial charge in [-0.2, -0.15) is 13.2 Å². The lowest BCUT2D eigenvalue weighted by Gasteiger charge is -2.09. The predicted octanol–water partition coefficient (Wildman–Crippen LogP) is 1.89. The minimum Gasteiger partial charge on any atom is -0.329 e. The molecule has 0 saturated carbocycles. The highest BCUT2D eigenvalue weighted by Gasteiger charge is 2.31. The van der Waals surface area contributed by atoms with Crippen LogP contribution in [-0.2, 0) is 12.7 Å². The molecule has 0 bridgehead atoms. The van der Waals surface area contributed by atoms with E-state index in [2.05, 4.69) is 5.32 Å². The number of rotatable bonds is 4. The zero-order valence-electron chi connectivity index (χ0n) is 8.44. The minimum atomic E-state index is -4.52. The molecule has 0 saturated heterocycles. The molecular formula is C10H12F4N2. The summed E-state index contributed by atoms with van der Waals surface area (Å²) in [7, 11) is 0. The first-order valence-corrected chi connectivity index (χ1v) is 4.71. The molecule has 1 rings (SSSR count). The second-order valence-corrected chi connectivity index (χ2v) is 3.31. The van der Waals surface area contributed by atoms with Gasteiger partial charge in [-0.3, -0.25) is 0 Å². The quantitative estimate of drug-likeness (QED) is 0.619. The largest absolute Gasteiger partial charge is 0.416 e. The molecule has 16 heavy (non-hydrogen) atoms. The summed E-state index contributed by atoms with van der Waals surface area (Å²) in [4.78, 5) is 0. The van der Waals surface area contributed by atoms with E-state index >= 15 is 0 Å². The van der Waals surface area contributed by atoms with E-state index < -0.39 is 17.6 Å². The fourth-order valence-electron chi connectivity index (χ4n) is 1.25. The van der Waals surface area contributed by atoms with Gasteiger partial charge in [-0.25, -0.2) is 4.39 Å². The van der Waals surface area contributed by atoms with Gasteiger partial charge in [0.25, 0.3) is 0 Å². The van der Waals surface area contributed by atoms with Crippen LogP contribution in [0.25, 0.3) is 0 Å². The molecule has 0 radical (unpaired) electrons. The summed E-state index contributed by atoms with van der Waals surface area (Å²) in [6, 6.07) is 2.47. The van der Waals surface area contributed by atoms with Crippen LogP contribution in [0.3, 0.4) is 0 Å². The Hall–Kier alpha value is -1.14. The number of benzene rings is 1. The zero-order chi connectivity index (χ0) is 12.2. The molecule has 0 aromatic heterocycles. The average molecular weight is 236 g/mol. The molecule has 0 unspecified atom stereocenters. The van der Waals surface area contributed by atoms with Crippen molar-refractivity contribution in [2.45, 2.75) is 12.7 Å². The Labute approximate surface area is 90.4 Å². The molecule has 90 valence electrons. The lowest BCUT2D eigenvalue weighted by molar-refractivity contribution is -0.137. The fraction of sp³-hybridized carbons (Fsp3) is 0.400. The first kappa shape index (κ1) is 12.9. The van der Waals surface area contributed by atoms with E-state index in [-0.39, 0.29) is 12.1 Å². The van der Waals surface area contributed by atoms with Crippen LogP contribution in [0.5, 0.6) is 0 Å². The summed E-state index contributed by atoms with van der Waals surface area (Å²) in [5, 5.41) is 2.80. The Morgan fingerprint density at radius 3 is 2.44 bits per heavy atom. The number of hydrogen-bond donors (Lipinski definition) is 2. The van der Waals surface area contributed by atoms with Crippen molar-refractivity contribution >= 4 is 0 Å². The zero-order valence-corrected chi connectivity index (χ0v) is 8.44. The van der Waals surface area contributed by atoms with E-state index in [1.165, 1.54) is 0 Å². The topological polar surface area (TPSA) is 38.0 Å². The first-order chi connectivity index (χ1) is 7.43. The number of alkyl halides is 3. The van der Waals surface area contributed by atoms with E-state index in [1.54, 1.807) is 0 Å². The molecule has 0 atom stereocenters. The van der Waals surface area contributed by atoms with Gasteiger partial charge in [-0.05, 0) is 23.8 Å². The smallest absolute Gasteiger partial charge is 0.329 e. The SMILES string of the molecule is NCCNCc1cc(F)cc(C(F)(F)F)c1. The van der Waals surface area contributed by atoms with Gasteiger partial charge in [0.2, 0.25) is 0 Å². The molecular weight excluding hydrogens is 224 g/mol. The van der Waals surface area contributed by atoms with Crippen LogP contribution in [0.1, 0.15) is 11.1 Å². The van der Waals surface area contributed by atoms with Gasteiger partial charge in [0.05, 0.1) is 5.56 Å². The maximum atomic E-state index is 12.9. The van der Waals surface area contributed by atoms with Crippen LogP contribution in [0, 0.1) is 5.82 Å². The standard InChI is InChI=1S/C10H12F4N2/c11-9-4-7(6-16-2-1-15)3-8(5-9)10(12,13)14/h3-5,16H,1-2,6,15H2. The van der Waals surface area contributed by atoms with Gasteiger partial charge in [0.1, 0.15) is 5.82 Å². The molecule has 1 aromatic carbocycles. The van der Waals surface area contributed by atoms with Crippen LogP contribution >= 0.6 is 0 Å². The fourth-order valence-corrected chi connectivity index (χ4v) is 1.25. The van der Waals surface area contributed by atoms with Gasteiger partial charge >= 0.3 is 6.18 Å². The molecule has 0 spiro atoms. The number of nitrogens with one attached hydrogen (secondary N) is 1. The maximum Gasteiger partial charge on any atom is 0.416 e. The van der Waals surface area contributed by atoms with Crippen molar-refractivity contribution in [1.29, 1.82) is 0 Å². The summed E-state index contributed by atoms with van der Waals surface area (Å²) in [5.41, 5.74) is 4.48. The molecule has 0 heterocycles. The van der Waals surface area contributed by atoms with Gasteiger partial charge in [-0.15, -0.1) is 0 Å². The van der Waals surface area contributed by atoms with Gasteiger partial charge < -0.3 is 11.1 Å². The first-order valence-electron chi connectivity index (χ1n) is 4.71. The van der Waals surface area contributed by atoms with Crippen molar-refractivity contribution < 1.29 is 17.6 Å². The molecule has 6 heteroatoms. The monoisotopic (exact) mass is 236 g/mol. The van der Waals surface area contributed by atoms with E-state index in [0.29, 0.717) is 19.2 Å². The van der Waals surface area contributed by atoms with Crippen molar-refractivity contribution in [3.63, 3.8) is 0 Å². The number of halogens is 4. The highest BCUT2D eigenvalue weighted by molar-refractivity contribution is 5.26. The third-order valence-electron chi connectivity index (χ3n) is 1.94. The second-order valence-electron chi connectivity index (χ2n) is 3.31. The van der Waals surface area contributed by atoms with Crippen LogP contribution < -0.4 is 11.1 Å². The molecule has 0 aliphatic heterocycles. The molecule has 0 fully saturated rings. The highest BCUT2D eigenvalue weighted by atomic mass is 19.4. The molecule has 2 nitrogen and oxygen atoms in total. The Morgan fingerprint density at radius 2 is 1.88 bits per heavy atom. The summed E-state index contributed by atoms with van der Waals surface area (Å²) >= 11 is 0. The Morgan fingerprint density at radius 1 is 1.19 bits per heavy atom. The third-order valence-corrected chi connectivity index (χ3v) is 1.94. The summed E-state index contributed by atoms with van der Waals surface area (Å²) < 4.78 is 49.9. The van der Waals surface area contributed by atoms with Crippen molar-refractivity contribution in [1.82, 2.24) is 5.32 Å². The molecule has 3 N–H and O–H groups in total. The lowest BCUT2D eigenvalue weighted by atomic mass is 10.1. The van der Waals surface area contributed by atoms with Crippen LogP contribution in [0.4, 0.5) is 17.6 Å². The summed E-state index contributed by atoms with van der Waals surface area (Å²) in [6.45, 7) is 1.01. The highest BCUT2D eigenvalue weighted by Crippen LogP contribution is 2.30. The predicted molar refractivity (Wildman–Crippen MR) is 52.2 cm³/mol. The van der Waals surface area contributed by atoms with Crippen molar-refractivity contribution in [3.8, 4) is 0 Å². The van der Waals surface area contributed by atoms with Gasteiger partial charge in [0.15, 0.2) is 0 Å². The third kappa shape index (κ3) is 3.79. The molecule has 1 aromatic rings. The average Bonchev–Trinajstić information content (AvgIpc) is 2.16. The summed E-state index contributed by atoms with van der Waals surface area (Å²) in [5.74, 6) is -0.889. The van der Waals surface area contributed by atoms with Crippen LogP contribution in [0.2, 0.25) is 0 Å². The maximum absolute atomic E-state index is 12.9. The second kappa shape index (κ2) is 5.27. The minimum absolute atomic E-state index is 0.165. The van der Waals surface area contributed by atoms with Crippen molar-refractivity contribution in [2.24, 2.45) is 5.73 Å². The Bertz CT molecular complexity index is 349. The summed E-state index contributed by atoms with van der Waals surface area (Å²) in [6.07, 6.45) is -4.52. The number of nitrogens with two attached hydrogens (primary N) is 1. The van der Waals surface area contributed by atoms with E-state index in [1.807, 2.05) is 0 Å². The Kier molecular flexibility index (Phi) is 4.26. The molecule has 0 aliphatic carbocycles. The van der Waals surface area contributed by atoms with Crippen molar-refractivity contribution in [3.05, 3.63) is 35.1 Å². The van der Waals surface area contributed by atoms with Gasteiger partial charge in [0, 0.05) is 19.6 Å². The lowest BCUT2D eigenvalue weighted by Crippen LogP contribution is -2.22. The van der Waals surface area contributed by atoms with E-state index in [9.17, 15) is 17.6 Å². The van der Waals surface area contributed by atoms with E-state index in [4.69, 9.17) is 5.73 Å². The van der Waals surface area contributed by atoms with Crippen LogP contribution in [0.15, 0.2) is 18.2 Å². The Balaban J connectivity index is 2.82. The molecule has 0 aliphatic rings. The van der Waals surface area contributed by atoms with E-state index in [0.717, 1.165) is 12.1 Å². The van der Waals surface area contributed by atoms with Gasteiger partial charge in [-0.1, -0.05) is 0 Å². The van der Waals surface area contributed by atoms with Crippen LogP contribution in [-0.4, -0.2) is 13.1 Å². The normalized spacial score (nSPS) is 11.8. The molecule has 0 amide bonds.